The first-order valence-corrected chi connectivity index (χ1v) is 8.55. The van der Waals surface area contributed by atoms with Gasteiger partial charge >= 0.3 is 0 Å². The van der Waals surface area contributed by atoms with Crippen LogP contribution in [0.1, 0.15) is 24.8 Å². The van der Waals surface area contributed by atoms with E-state index in [0.29, 0.717) is 23.8 Å². The van der Waals surface area contributed by atoms with Gasteiger partial charge in [0.25, 0.3) is 0 Å². The Hall–Kier alpha value is -2.33. The molecule has 2 aromatic rings. The van der Waals surface area contributed by atoms with E-state index in [-0.39, 0.29) is 5.91 Å². The van der Waals surface area contributed by atoms with Crippen molar-refractivity contribution in [1.29, 1.82) is 0 Å². The first kappa shape index (κ1) is 16.5. The molecule has 1 amide bonds. The van der Waals surface area contributed by atoms with Crippen molar-refractivity contribution in [2.24, 2.45) is 5.92 Å². The SMILES string of the molecule is Cc1ccc(Oc2ccccc2NC(=O)CCC2CCNC2)cc1. The van der Waals surface area contributed by atoms with E-state index in [4.69, 9.17) is 4.74 Å². The van der Waals surface area contributed by atoms with Gasteiger partial charge in [-0.25, -0.2) is 0 Å². The van der Waals surface area contributed by atoms with E-state index >= 15 is 0 Å². The monoisotopic (exact) mass is 324 g/mol. The second-order valence-corrected chi connectivity index (χ2v) is 6.36. The molecule has 0 radical (unpaired) electrons. The summed E-state index contributed by atoms with van der Waals surface area (Å²) in [7, 11) is 0. The number of rotatable bonds is 6. The summed E-state index contributed by atoms with van der Waals surface area (Å²) in [5.74, 6) is 2.09. The van der Waals surface area contributed by atoms with E-state index in [1.807, 2.05) is 55.5 Å². The molecule has 1 aliphatic rings. The van der Waals surface area contributed by atoms with Gasteiger partial charge in [0.1, 0.15) is 5.75 Å². The molecule has 1 aliphatic heterocycles. The minimum Gasteiger partial charge on any atom is -0.455 e. The van der Waals surface area contributed by atoms with E-state index < -0.39 is 0 Å². The summed E-state index contributed by atoms with van der Waals surface area (Å²) in [5.41, 5.74) is 1.90. The maximum atomic E-state index is 12.2. The van der Waals surface area contributed by atoms with Crippen molar-refractivity contribution >= 4 is 11.6 Å². The predicted octanol–water partition coefficient (Wildman–Crippen LogP) is 4.12. The topological polar surface area (TPSA) is 50.4 Å². The molecule has 2 aromatic carbocycles. The van der Waals surface area contributed by atoms with Gasteiger partial charge in [0, 0.05) is 6.42 Å². The number of amides is 1. The Morgan fingerprint density at radius 1 is 1.21 bits per heavy atom. The number of benzene rings is 2. The van der Waals surface area contributed by atoms with Crippen LogP contribution in [0.5, 0.6) is 11.5 Å². The Bertz CT molecular complexity index is 676. The van der Waals surface area contributed by atoms with E-state index in [2.05, 4.69) is 10.6 Å². The summed E-state index contributed by atoms with van der Waals surface area (Å²) < 4.78 is 5.92. The van der Waals surface area contributed by atoms with Crippen molar-refractivity contribution in [1.82, 2.24) is 5.32 Å². The molecule has 0 saturated carbocycles. The zero-order valence-corrected chi connectivity index (χ0v) is 14.0. The highest BCUT2D eigenvalue weighted by atomic mass is 16.5. The van der Waals surface area contributed by atoms with Crippen LogP contribution in [-0.4, -0.2) is 19.0 Å². The molecule has 1 saturated heterocycles. The first-order valence-electron chi connectivity index (χ1n) is 8.55. The lowest BCUT2D eigenvalue weighted by atomic mass is 10.0. The molecule has 1 fully saturated rings. The fourth-order valence-electron chi connectivity index (χ4n) is 2.90. The Kier molecular flexibility index (Phi) is 5.49. The summed E-state index contributed by atoms with van der Waals surface area (Å²) in [4.78, 5) is 12.2. The molecule has 24 heavy (non-hydrogen) atoms. The summed E-state index contributed by atoms with van der Waals surface area (Å²) in [6.07, 6.45) is 2.64. The van der Waals surface area contributed by atoms with Gasteiger partial charge in [0.05, 0.1) is 5.69 Å². The van der Waals surface area contributed by atoms with E-state index in [9.17, 15) is 4.79 Å². The standard InChI is InChI=1S/C20H24N2O2/c1-15-6-9-17(10-7-15)24-19-5-3-2-4-18(19)22-20(23)11-8-16-12-13-21-14-16/h2-7,9-10,16,21H,8,11-14H2,1H3,(H,22,23). The molecule has 1 atom stereocenters. The maximum absolute atomic E-state index is 12.2. The van der Waals surface area contributed by atoms with Gasteiger partial charge in [-0.1, -0.05) is 29.8 Å². The number of carbonyl (C=O) groups excluding carboxylic acids is 1. The van der Waals surface area contributed by atoms with Crippen LogP contribution in [0.2, 0.25) is 0 Å². The number of nitrogens with one attached hydrogen (secondary N) is 2. The number of aryl methyl sites for hydroxylation is 1. The molecular formula is C20H24N2O2. The molecule has 4 heteroatoms. The number of hydrogen-bond acceptors (Lipinski definition) is 3. The molecular weight excluding hydrogens is 300 g/mol. The summed E-state index contributed by atoms with van der Waals surface area (Å²) in [6.45, 7) is 4.14. The first-order chi connectivity index (χ1) is 11.7. The highest BCUT2D eigenvalue weighted by Gasteiger charge is 2.16. The Balaban J connectivity index is 1.60. The quantitative estimate of drug-likeness (QED) is 0.840. The molecule has 0 spiro atoms. The van der Waals surface area contributed by atoms with Crippen LogP contribution in [0.3, 0.4) is 0 Å². The predicted molar refractivity (Wildman–Crippen MR) is 96.5 cm³/mol. The van der Waals surface area contributed by atoms with E-state index in [1.54, 1.807) is 0 Å². The summed E-state index contributed by atoms with van der Waals surface area (Å²) >= 11 is 0. The second-order valence-electron chi connectivity index (χ2n) is 6.36. The number of para-hydroxylation sites is 2. The minimum atomic E-state index is 0.0434. The lowest BCUT2D eigenvalue weighted by Crippen LogP contribution is -2.15. The van der Waals surface area contributed by atoms with Crippen LogP contribution in [0.25, 0.3) is 0 Å². The van der Waals surface area contributed by atoms with Crippen LogP contribution >= 0.6 is 0 Å². The van der Waals surface area contributed by atoms with Crippen molar-refractivity contribution in [3.63, 3.8) is 0 Å². The van der Waals surface area contributed by atoms with Gasteiger partial charge in [-0.2, -0.15) is 0 Å². The largest absolute Gasteiger partial charge is 0.455 e. The van der Waals surface area contributed by atoms with Crippen molar-refractivity contribution in [2.45, 2.75) is 26.2 Å². The average Bonchev–Trinajstić information content (AvgIpc) is 3.10. The normalized spacial score (nSPS) is 16.8. The van der Waals surface area contributed by atoms with Crippen LogP contribution < -0.4 is 15.4 Å². The molecule has 4 nitrogen and oxygen atoms in total. The van der Waals surface area contributed by atoms with Crippen molar-refractivity contribution in [3.05, 3.63) is 54.1 Å². The molecule has 3 rings (SSSR count). The fourth-order valence-corrected chi connectivity index (χ4v) is 2.90. The van der Waals surface area contributed by atoms with Crippen LogP contribution in [-0.2, 0) is 4.79 Å². The lowest BCUT2D eigenvalue weighted by Gasteiger charge is -2.13. The summed E-state index contributed by atoms with van der Waals surface area (Å²) in [5, 5.41) is 6.32. The lowest BCUT2D eigenvalue weighted by molar-refractivity contribution is -0.116. The zero-order chi connectivity index (χ0) is 16.8. The second kappa shape index (κ2) is 7.97. The van der Waals surface area contributed by atoms with Gasteiger partial charge in [0.15, 0.2) is 5.75 Å². The number of anilines is 1. The van der Waals surface area contributed by atoms with Gasteiger partial charge < -0.3 is 15.4 Å². The third-order valence-electron chi connectivity index (χ3n) is 4.35. The Labute approximate surface area is 143 Å². The molecule has 1 heterocycles. The molecule has 0 bridgehead atoms. The third kappa shape index (κ3) is 4.59. The molecule has 2 N–H and O–H groups in total. The van der Waals surface area contributed by atoms with E-state index in [1.165, 1.54) is 12.0 Å². The summed E-state index contributed by atoms with van der Waals surface area (Å²) in [6, 6.07) is 15.4. The van der Waals surface area contributed by atoms with Gasteiger partial charge in [-0.05, 0) is 63.0 Å². The number of ether oxygens (including phenoxy) is 1. The molecule has 126 valence electrons. The molecule has 1 unspecified atom stereocenters. The average molecular weight is 324 g/mol. The van der Waals surface area contributed by atoms with Gasteiger partial charge in [-0.15, -0.1) is 0 Å². The van der Waals surface area contributed by atoms with Crippen LogP contribution in [0.15, 0.2) is 48.5 Å². The number of hydrogen-bond donors (Lipinski definition) is 2. The van der Waals surface area contributed by atoms with Gasteiger partial charge in [-0.3, -0.25) is 4.79 Å². The number of carbonyl (C=O) groups is 1. The third-order valence-corrected chi connectivity index (χ3v) is 4.35. The van der Waals surface area contributed by atoms with Crippen molar-refractivity contribution in [2.75, 3.05) is 18.4 Å². The van der Waals surface area contributed by atoms with E-state index in [0.717, 1.165) is 25.3 Å². The minimum absolute atomic E-state index is 0.0434. The Morgan fingerprint density at radius 3 is 2.75 bits per heavy atom. The van der Waals surface area contributed by atoms with Crippen molar-refractivity contribution < 1.29 is 9.53 Å². The maximum Gasteiger partial charge on any atom is 0.224 e. The van der Waals surface area contributed by atoms with Crippen LogP contribution in [0, 0.1) is 12.8 Å². The molecule has 0 aliphatic carbocycles. The highest BCUT2D eigenvalue weighted by molar-refractivity contribution is 5.92. The van der Waals surface area contributed by atoms with Crippen molar-refractivity contribution in [3.8, 4) is 11.5 Å². The Morgan fingerprint density at radius 2 is 2.00 bits per heavy atom. The van der Waals surface area contributed by atoms with Crippen LogP contribution in [0.4, 0.5) is 5.69 Å². The van der Waals surface area contributed by atoms with Gasteiger partial charge in [0.2, 0.25) is 5.91 Å². The zero-order valence-electron chi connectivity index (χ0n) is 14.0. The molecule has 0 aromatic heterocycles. The smallest absolute Gasteiger partial charge is 0.224 e. The highest BCUT2D eigenvalue weighted by Crippen LogP contribution is 2.29. The fraction of sp³-hybridized carbons (Fsp3) is 0.350.